The molecular formula is C70H125N2O6P. The molecule has 456 valence electrons. The number of phosphoric ester groups is 1. The first-order valence-electron chi connectivity index (χ1n) is 32.7. The number of likely N-dealkylation sites (N-methyl/N-ethyl adjacent to an activating group) is 1. The van der Waals surface area contributed by atoms with Crippen molar-refractivity contribution in [3.63, 3.8) is 0 Å². The molecule has 0 spiro atoms. The number of allylic oxidation sites excluding steroid dienone is 17. The number of hydrogen-bond acceptors (Lipinski definition) is 6. The monoisotopic (exact) mass is 1120 g/mol. The Morgan fingerprint density at radius 3 is 1.18 bits per heavy atom. The maximum Gasteiger partial charge on any atom is 0.268 e. The maximum absolute atomic E-state index is 13.0. The SMILES string of the molecule is CC/C=C\C/C=C\C/C=C\C/C=C\C/C=C\C/C=C\CCCCCCCCCCCCCCC(=O)NC(COP(=O)([O-])OCC[N+](C)(C)C)C(O)/C=C/CC/C=C/CC/C=C/CCCCCCCCCCCCCCCCCC. The molecule has 0 bridgehead atoms. The van der Waals surface area contributed by atoms with Crippen molar-refractivity contribution in [3.05, 3.63) is 109 Å². The number of rotatable bonds is 59. The van der Waals surface area contributed by atoms with Gasteiger partial charge in [-0.3, -0.25) is 9.36 Å². The predicted molar refractivity (Wildman–Crippen MR) is 343 cm³/mol. The smallest absolute Gasteiger partial charge is 0.268 e. The van der Waals surface area contributed by atoms with E-state index in [0.717, 1.165) is 83.5 Å². The summed E-state index contributed by atoms with van der Waals surface area (Å²) >= 11 is 0. The van der Waals surface area contributed by atoms with Gasteiger partial charge in [-0.15, -0.1) is 0 Å². The van der Waals surface area contributed by atoms with Crippen LogP contribution >= 0.6 is 7.82 Å². The van der Waals surface area contributed by atoms with Crippen LogP contribution in [0.5, 0.6) is 0 Å². The predicted octanol–water partition coefficient (Wildman–Crippen LogP) is 20.1. The van der Waals surface area contributed by atoms with Gasteiger partial charge in [0, 0.05) is 6.42 Å². The molecule has 3 atom stereocenters. The van der Waals surface area contributed by atoms with Crippen LogP contribution in [-0.2, 0) is 18.4 Å². The molecule has 0 aromatic heterocycles. The fourth-order valence-corrected chi connectivity index (χ4v) is 9.85. The number of carbonyl (C=O) groups is 1. The molecule has 3 unspecified atom stereocenters. The summed E-state index contributed by atoms with van der Waals surface area (Å²) in [7, 11) is 1.23. The van der Waals surface area contributed by atoms with Gasteiger partial charge in [-0.05, 0) is 96.3 Å². The minimum absolute atomic E-state index is 0.0139. The maximum atomic E-state index is 13.0. The van der Waals surface area contributed by atoms with E-state index < -0.39 is 26.6 Å². The van der Waals surface area contributed by atoms with E-state index in [9.17, 15) is 19.4 Å². The van der Waals surface area contributed by atoms with Crippen LogP contribution in [0.1, 0.15) is 277 Å². The lowest BCUT2D eigenvalue weighted by Gasteiger charge is -2.29. The van der Waals surface area contributed by atoms with Gasteiger partial charge in [0.05, 0.1) is 39.9 Å². The van der Waals surface area contributed by atoms with Gasteiger partial charge >= 0.3 is 0 Å². The van der Waals surface area contributed by atoms with Crippen molar-refractivity contribution in [2.45, 2.75) is 289 Å². The second-order valence-corrected chi connectivity index (χ2v) is 24.5. The lowest BCUT2D eigenvalue weighted by molar-refractivity contribution is -0.870. The normalized spacial score (nSPS) is 14.5. The molecule has 0 fully saturated rings. The van der Waals surface area contributed by atoms with Crippen molar-refractivity contribution in [1.29, 1.82) is 0 Å². The van der Waals surface area contributed by atoms with Crippen molar-refractivity contribution in [3.8, 4) is 0 Å². The molecule has 0 aromatic carbocycles. The van der Waals surface area contributed by atoms with E-state index >= 15 is 0 Å². The summed E-state index contributed by atoms with van der Waals surface area (Å²) in [4.78, 5) is 25.6. The quantitative estimate of drug-likeness (QED) is 0.0272. The third kappa shape index (κ3) is 62.6. The van der Waals surface area contributed by atoms with Crippen LogP contribution < -0.4 is 10.2 Å². The molecule has 0 aliphatic heterocycles. The molecular weight excluding hydrogens is 996 g/mol. The molecule has 8 nitrogen and oxygen atoms in total. The first-order chi connectivity index (χ1) is 38.5. The zero-order valence-corrected chi connectivity index (χ0v) is 52.9. The number of unbranched alkanes of at least 4 members (excludes halogenated alkanes) is 30. The minimum atomic E-state index is -4.62. The van der Waals surface area contributed by atoms with Crippen molar-refractivity contribution >= 4 is 13.7 Å². The largest absolute Gasteiger partial charge is 0.756 e. The van der Waals surface area contributed by atoms with E-state index in [1.165, 1.54) is 173 Å². The van der Waals surface area contributed by atoms with Crippen molar-refractivity contribution in [2.24, 2.45) is 0 Å². The van der Waals surface area contributed by atoms with Gasteiger partial charge in [0.2, 0.25) is 5.91 Å². The summed E-state index contributed by atoms with van der Waals surface area (Å²) in [6.45, 7) is 4.52. The summed E-state index contributed by atoms with van der Waals surface area (Å²) in [5.41, 5.74) is 0. The summed E-state index contributed by atoms with van der Waals surface area (Å²) < 4.78 is 23.4. The number of amides is 1. The molecule has 0 aromatic rings. The lowest BCUT2D eigenvalue weighted by Crippen LogP contribution is -2.45. The summed E-state index contributed by atoms with van der Waals surface area (Å²) in [5, 5.41) is 13.9. The molecule has 0 saturated heterocycles. The van der Waals surface area contributed by atoms with Crippen molar-refractivity contribution in [2.75, 3.05) is 40.9 Å². The van der Waals surface area contributed by atoms with Gasteiger partial charge in [-0.1, -0.05) is 284 Å². The number of phosphoric acid groups is 1. The van der Waals surface area contributed by atoms with E-state index in [1.54, 1.807) is 6.08 Å². The Balaban J connectivity index is 4.21. The molecule has 0 aliphatic carbocycles. The summed E-state index contributed by atoms with van der Waals surface area (Å²) in [6.07, 6.45) is 87.6. The van der Waals surface area contributed by atoms with Crippen LogP contribution in [0, 0.1) is 0 Å². The fourth-order valence-electron chi connectivity index (χ4n) is 9.13. The molecule has 0 rings (SSSR count). The van der Waals surface area contributed by atoms with Gasteiger partial charge in [0.25, 0.3) is 7.82 Å². The Labute approximate surface area is 489 Å². The van der Waals surface area contributed by atoms with Crippen LogP contribution in [0.3, 0.4) is 0 Å². The molecule has 9 heteroatoms. The number of nitrogens with one attached hydrogen (secondary N) is 1. The molecule has 0 heterocycles. The van der Waals surface area contributed by atoms with Crippen LogP contribution in [0.2, 0.25) is 0 Å². The van der Waals surface area contributed by atoms with Crippen molar-refractivity contribution in [1.82, 2.24) is 5.32 Å². The van der Waals surface area contributed by atoms with E-state index in [1.807, 2.05) is 27.2 Å². The zero-order valence-electron chi connectivity index (χ0n) is 52.0. The summed E-state index contributed by atoms with van der Waals surface area (Å²) in [6, 6.07) is -0.919. The highest BCUT2D eigenvalue weighted by Gasteiger charge is 2.23. The molecule has 0 saturated carbocycles. The average molecular weight is 1120 g/mol. The average Bonchev–Trinajstić information content (AvgIpc) is 3.42. The van der Waals surface area contributed by atoms with Gasteiger partial charge in [-0.2, -0.15) is 0 Å². The van der Waals surface area contributed by atoms with Crippen molar-refractivity contribution < 1.29 is 32.9 Å². The van der Waals surface area contributed by atoms with Crippen LogP contribution in [0.4, 0.5) is 0 Å². The second-order valence-electron chi connectivity index (χ2n) is 23.1. The van der Waals surface area contributed by atoms with E-state index in [0.29, 0.717) is 17.4 Å². The number of hydrogen-bond donors (Lipinski definition) is 2. The van der Waals surface area contributed by atoms with Gasteiger partial charge in [0.1, 0.15) is 13.2 Å². The number of carbonyl (C=O) groups excluding carboxylic acids is 1. The van der Waals surface area contributed by atoms with E-state index in [-0.39, 0.29) is 12.5 Å². The second kappa shape index (κ2) is 59.8. The van der Waals surface area contributed by atoms with Crippen LogP contribution in [-0.4, -0.2) is 68.5 Å². The Kier molecular flexibility index (Phi) is 57.6. The first-order valence-corrected chi connectivity index (χ1v) is 34.2. The number of nitrogens with zero attached hydrogens (tertiary/aromatic N) is 1. The van der Waals surface area contributed by atoms with Gasteiger partial charge in [0.15, 0.2) is 0 Å². The van der Waals surface area contributed by atoms with Crippen LogP contribution in [0.25, 0.3) is 0 Å². The standard InChI is InChI=1S/C70H125N2O6P/c1-6-8-10-12-14-16-18-20-22-24-26-28-30-32-34-35-36-37-38-40-42-44-46-48-50-52-54-56-58-60-62-64-70(74)71-68(67-78-79(75,76)77-66-65-72(3,4)5)69(73)63-61-59-57-55-53-51-49-47-45-43-41-39-33-31-29-27-25-23-21-19-17-15-13-11-9-7-2/h8,10,14,16,20,22,26,28,32,34,36-37,45,47,53,55,61,63,68-69,73H,6-7,9,11-13,15,17-19,21,23-25,27,29-31,33,35,38-44,46,48-52,54,56-60,62,64-67H2,1-5H3,(H-,71,74,75,76)/b10-8-,16-14-,22-20-,28-26-,34-32-,37-36-,47-45+,55-53+,63-61+. The Morgan fingerprint density at radius 2 is 0.785 bits per heavy atom. The highest BCUT2D eigenvalue weighted by molar-refractivity contribution is 7.45. The third-order valence-electron chi connectivity index (χ3n) is 14.2. The molecule has 0 aliphatic rings. The van der Waals surface area contributed by atoms with Gasteiger partial charge < -0.3 is 28.8 Å². The number of aliphatic hydroxyl groups excluding tert-OH is 1. The Hall–Kier alpha value is -2.84. The number of quaternary nitrogens is 1. The number of aliphatic hydroxyl groups is 1. The zero-order chi connectivity index (χ0) is 57.7. The fraction of sp³-hybridized carbons (Fsp3) is 0.729. The summed E-state index contributed by atoms with van der Waals surface area (Å²) in [5.74, 6) is -0.216. The molecule has 2 N–H and O–H groups in total. The van der Waals surface area contributed by atoms with E-state index in [4.69, 9.17) is 9.05 Å². The van der Waals surface area contributed by atoms with E-state index in [2.05, 4.69) is 116 Å². The molecule has 1 amide bonds. The molecule has 79 heavy (non-hydrogen) atoms. The lowest BCUT2D eigenvalue weighted by atomic mass is 10.0. The highest BCUT2D eigenvalue weighted by atomic mass is 31.2. The van der Waals surface area contributed by atoms with Crippen LogP contribution in [0.15, 0.2) is 109 Å². The minimum Gasteiger partial charge on any atom is -0.756 e. The molecule has 0 radical (unpaired) electrons. The van der Waals surface area contributed by atoms with Gasteiger partial charge in [-0.25, -0.2) is 0 Å². The topological polar surface area (TPSA) is 108 Å². The Bertz CT molecular complexity index is 1650. The highest BCUT2D eigenvalue weighted by Crippen LogP contribution is 2.38. The first kappa shape index (κ1) is 76.2. The Morgan fingerprint density at radius 1 is 0.456 bits per heavy atom. The third-order valence-corrected chi connectivity index (χ3v) is 15.2.